The third-order valence-corrected chi connectivity index (χ3v) is 6.69. The van der Waals surface area contributed by atoms with Gasteiger partial charge in [-0.05, 0) is 62.8 Å². The van der Waals surface area contributed by atoms with Gasteiger partial charge in [0, 0.05) is 36.2 Å². The molecule has 0 amide bonds. The second-order valence-corrected chi connectivity index (χ2v) is 8.95. The monoisotopic (exact) mass is 401 g/mol. The van der Waals surface area contributed by atoms with Crippen molar-refractivity contribution in [2.45, 2.75) is 75.2 Å². The van der Waals surface area contributed by atoms with Crippen LogP contribution in [0.25, 0.3) is 0 Å². The Labute approximate surface area is 168 Å². The Morgan fingerprint density at radius 1 is 1.07 bits per heavy atom. The number of hydrogen-bond acceptors (Lipinski definition) is 4. The molecule has 3 fully saturated rings. The summed E-state index contributed by atoms with van der Waals surface area (Å²) in [7, 11) is 0. The molecule has 29 heavy (non-hydrogen) atoms. The minimum atomic E-state index is -1.01. The molecule has 1 N–H and O–H groups in total. The molecule has 1 saturated carbocycles. The summed E-state index contributed by atoms with van der Waals surface area (Å²) < 4.78 is 29.1. The van der Waals surface area contributed by atoms with Crippen molar-refractivity contribution in [2.75, 3.05) is 0 Å². The maximum atomic E-state index is 14.1. The van der Waals surface area contributed by atoms with Gasteiger partial charge in [-0.15, -0.1) is 0 Å². The lowest BCUT2D eigenvalue weighted by molar-refractivity contribution is -0.0680. The standard InChI is InChI=1S/C22H25F2N3O2/c23-16-3-6-19(24)15(9-16)12-26-17-4-5-18(26)11-22(29,10-17)13-27-21(28)8-7-20(25-27)14-1-2-14/h3,6-9,14,17-18,29H,1-2,4-5,10-13H2. The fourth-order valence-electron chi connectivity index (χ4n) is 5.12. The van der Waals surface area contributed by atoms with Crippen LogP contribution in [0.5, 0.6) is 0 Å². The van der Waals surface area contributed by atoms with E-state index >= 15 is 0 Å². The van der Waals surface area contributed by atoms with E-state index in [0.717, 1.165) is 43.5 Å². The fourth-order valence-corrected chi connectivity index (χ4v) is 5.12. The van der Waals surface area contributed by atoms with Crippen LogP contribution in [0.4, 0.5) is 8.78 Å². The van der Waals surface area contributed by atoms with Gasteiger partial charge in [0.25, 0.3) is 5.56 Å². The van der Waals surface area contributed by atoms with Crippen molar-refractivity contribution in [1.82, 2.24) is 14.7 Å². The minimum Gasteiger partial charge on any atom is -0.388 e. The SMILES string of the molecule is O=c1ccc(C2CC2)nn1CC1(O)CC2CCC(C1)N2Cc1cc(F)ccc1F. The van der Waals surface area contributed by atoms with Crippen molar-refractivity contribution < 1.29 is 13.9 Å². The first-order chi connectivity index (χ1) is 13.9. The number of aromatic nitrogens is 2. The molecule has 2 bridgehead atoms. The van der Waals surface area contributed by atoms with E-state index in [1.807, 2.05) is 0 Å². The first-order valence-electron chi connectivity index (χ1n) is 10.4. The zero-order valence-corrected chi connectivity index (χ0v) is 16.2. The maximum Gasteiger partial charge on any atom is 0.266 e. The molecule has 1 aromatic heterocycles. The van der Waals surface area contributed by atoms with Crippen LogP contribution in [0, 0.1) is 11.6 Å². The lowest BCUT2D eigenvalue weighted by Crippen LogP contribution is -2.53. The number of halogens is 2. The molecule has 2 aromatic rings. The highest BCUT2D eigenvalue weighted by atomic mass is 19.1. The molecule has 1 aliphatic carbocycles. The van der Waals surface area contributed by atoms with E-state index in [-0.39, 0.29) is 24.2 Å². The molecule has 5 rings (SSSR count). The van der Waals surface area contributed by atoms with Gasteiger partial charge in [0.2, 0.25) is 0 Å². The van der Waals surface area contributed by atoms with E-state index in [4.69, 9.17) is 0 Å². The lowest BCUT2D eigenvalue weighted by Gasteiger charge is -2.43. The van der Waals surface area contributed by atoms with Gasteiger partial charge in [-0.3, -0.25) is 9.69 Å². The van der Waals surface area contributed by atoms with E-state index in [0.29, 0.717) is 30.9 Å². The molecule has 3 heterocycles. The van der Waals surface area contributed by atoms with E-state index in [2.05, 4.69) is 10.00 Å². The summed E-state index contributed by atoms with van der Waals surface area (Å²) in [5.41, 5.74) is 0.0685. The summed E-state index contributed by atoms with van der Waals surface area (Å²) >= 11 is 0. The molecule has 154 valence electrons. The third kappa shape index (κ3) is 3.73. The predicted molar refractivity (Wildman–Crippen MR) is 103 cm³/mol. The van der Waals surface area contributed by atoms with Crippen LogP contribution in [0.3, 0.4) is 0 Å². The van der Waals surface area contributed by atoms with Crippen LogP contribution >= 0.6 is 0 Å². The van der Waals surface area contributed by atoms with E-state index in [1.165, 1.54) is 10.7 Å². The van der Waals surface area contributed by atoms with Crippen molar-refractivity contribution >= 4 is 0 Å². The molecule has 2 aliphatic heterocycles. The van der Waals surface area contributed by atoms with Gasteiger partial charge in [0.15, 0.2) is 0 Å². The number of fused-ring (bicyclic) bond motifs is 2. The topological polar surface area (TPSA) is 58.4 Å². The Morgan fingerprint density at radius 3 is 2.48 bits per heavy atom. The summed E-state index contributed by atoms with van der Waals surface area (Å²) in [6.07, 6.45) is 5.03. The molecule has 2 saturated heterocycles. The van der Waals surface area contributed by atoms with Crippen molar-refractivity contribution in [3.63, 3.8) is 0 Å². The first kappa shape index (κ1) is 18.9. The highest BCUT2D eigenvalue weighted by Gasteiger charge is 2.48. The Balaban J connectivity index is 1.33. The zero-order valence-electron chi connectivity index (χ0n) is 16.2. The van der Waals surface area contributed by atoms with Crippen LogP contribution in [-0.2, 0) is 13.1 Å². The molecule has 5 nitrogen and oxygen atoms in total. The van der Waals surface area contributed by atoms with Crippen molar-refractivity contribution in [3.8, 4) is 0 Å². The van der Waals surface area contributed by atoms with Crippen molar-refractivity contribution in [3.05, 3.63) is 63.6 Å². The Morgan fingerprint density at radius 2 is 1.79 bits per heavy atom. The van der Waals surface area contributed by atoms with Crippen LogP contribution < -0.4 is 5.56 Å². The molecular formula is C22H25F2N3O2. The summed E-state index contributed by atoms with van der Waals surface area (Å²) in [4.78, 5) is 14.5. The first-order valence-corrected chi connectivity index (χ1v) is 10.4. The highest BCUT2D eigenvalue weighted by Crippen LogP contribution is 2.42. The molecule has 3 aliphatic rings. The molecule has 1 aromatic carbocycles. The lowest BCUT2D eigenvalue weighted by atomic mass is 9.85. The van der Waals surface area contributed by atoms with E-state index in [9.17, 15) is 18.7 Å². The molecule has 2 atom stereocenters. The number of nitrogens with zero attached hydrogens (tertiary/aromatic N) is 3. The third-order valence-electron chi connectivity index (χ3n) is 6.69. The van der Waals surface area contributed by atoms with Gasteiger partial charge in [-0.2, -0.15) is 5.10 Å². The van der Waals surface area contributed by atoms with Gasteiger partial charge in [0.1, 0.15) is 11.6 Å². The highest BCUT2D eigenvalue weighted by molar-refractivity contribution is 5.20. The van der Waals surface area contributed by atoms with Crippen LogP contribution in [0.1, 0.15) is 55.7 Å². The van der Waals surface area contributed by atoms with Crippen LogP contribution in [0.15, 0.2) is 35.1 Å². The Bertz CT molecular complexity index is 974. The zero-order chi connectivity index (χ0) is 20.2. The summed E-state index contributed by atoms with van der Waals surface area (Å²) in [5.74, 6) is -0.404. The second kappa shape index (κ2) is 6.99. The number of rotatable bonds is 5. The van der Waals surface area contributed by atoms with Crippen molar-refractivity contribution in [1.29, 1.82) is 0 Å². The fraction of sp³-hybridized carbons (Fsp3) is 0.545. The summed E-state index contributed by atoms with van der Waals surface area (Å²) in [6.45, 7) is 0.520. The molecule has 7 heteroatoms. The average molecular weight is 401 g/mol. The molecule has 2 unspecified atom stereocenters. The van der Waals surface area contributed by atoms with Crippen molar-refractivity contribution in [2.24, 2.45) is 0 Å². The predicted octanol–water partition coefficient (Wildman–Crippen LogP) is 2.96. The molecule has 0 spiro atoms. The van der Waals surface area contributed by atoms with E-state index in [1.54, 1.807) is 12.1 Å². The van der Waals surface area contributed by atoms with Crippen LogP contribution in [-0.4, -0.2) is 37.5 Å². The summed E-state index contributed by atoms with van der Waals surface area (Å²) in [5, 5.41) is 15.8. The maximum absolute atomic E-state index is 14.1. The largest absolute Gasteiger partial charge is 0.388 e. The van der Waals surface area contributed by atoms with Gasteiger partial charge >= 0.3 is 0 Å². The number of hydrogen-bond donors (Lipinski definition) is 1. The smallest absolute Gasteiger partial charge is 0.266 e. The average Bonchev–Trinajstić information content (AvgIpc) is 3.48. The number of benzene rings is 1. The summed E-state index contributed by atoms with van der Waals surface area (Å²) in [6, 6.07) is 7.05. The van der Waals surface area contributed by atoms with Gasteiger partial charge in [-0.1, -0.05) is 0 Å². The van der Waals surface area contributed by atoms with Gasteiger partial charge < -0.3 is 5.11 Å². The Hall–Kier alpha value is -2.12. The molecule has 0 radical (unpaired) electrons. The quantitative estimate of drug-likeness (QED) is 0.837. The second-order valence-electron chi connectivity index (χ2n) is 8.95. The van der Waals surface area contributed by atoms with Gasteiger partial charge in [-0.25, -0.2) is 13.5 Å². The minimum absolute atomic E-state index is 0.0868. The number of aliphatic hydroxyl groups is 1. The molecular weight excluding hydrogens is 376 g/mol. The van der Waals surface area contributed by atoms with Gasteiger partial charge in [0.05, 0.1) is 17.8 Å². The normalized spacial score (nSPS) is 29.3. The number of piperidine rings is 1. The van der Waals surface area contributed by atoms with Crippen LogP contribution in [0.2, 0.25) is 0 Å². The van der Waals surface area contributed by atoms with E-state index < -0.39 is 17.2 Å². The Kier molecular flexibility index (Phi) is 4.55.